The summed E-state index contributed by atoms with van der Waals surface area (Å²) in [6, 6.07) is 15.9. The molecule has 0 unspecified atom stereocenters. The number of nitrogens with zero attached hydrogens (tertiary/aromatic N) is 3. The van der Waals surface area contributed by atoms with E-state index in [0.717, 1.165) is 48.6 Å². The Hall–Kier alpha value is -3.00. The fraction of sp³-hybridized carbons (Fsp3) is 0.391. The van der Waals surface area contributed by atoms with E-state index in [2.05, 4.69) is 11.0 Å². The number of rotatable bonds is 5. The number of carbonyl (C=O) groups excluding carboxylic acids is 1. The number of benzene rings is 2. The van der Waals surface area contributed by atoms with Gasteiger partial charge < -0.3 is 14.5 Å². The van der Waals surface area contributed by atoms with Crippen molar-refractivity contribution in [3.05, 3.63) is 59.2 Å². The summed E-state index contributed by atoms with van der Waals surface area (Å²) >= 11 is 0. The zero-order valence-electron chi connectivity index (χ0n) is 16.6. The Labute approximate surface area is 167 Å². The molecule has 1 aliphatic rings. The zero-order chi connectivity index (χ0) is 19.9. The molecule has 1 amide bonds. The van der Waals surface area contributed by atoms with E-state index in [9.17, 15) is 4.79 Å². The predicted molar refractivity (Wildman–Crippen MR) is 111 cm³/mol. The van der Waals surface area contributed by atoms with Crippen LogP contribution in [0.5, 0.6) is 5.75 Å². The SMILES string of the molecule is Cc1cccc(C)c1OCCC(=O)N1CCCN(c2ccc(C#N)cc2)CC1. The first-order valence-corrected chi connectivity index (χ1v) is 9.80. The van der Waals surface area contributed by atoms with Crippen molar-refractivity contribution in [1.29, 1.82) is 5.26 Å². The van der Waals surface area contributed by atoms with Crippen LogP contribution in [0.4, 0.5) is 5.69 Å². The number of anilines is 1. The van der Waals surface area contributed by atoms with Crippen LogP contribution in [-0.2, 0) is 4.79 Å². The van der Waals surface area contributed by atoms with Gasteiger partial charge >= 0.3 is 0 Å². The van der Waals surface area contributed by atoms with Gasteiger partial charge in [-0.2, -0.15) is 5.26 Å². The molecule has 2 aromatic rings. The lowest BCUT2D eigenvalue weighted by atomic mass is 10.1. The average Bonchev–Trinajstić information content (AvgIpc) is 2.96. The van der Waals surface area contributed by atoms with Gasteiger partial charge in [0.25, 0.3) is 0 Å². The van der Waals surface area contributed by atoms with E-state index in [1.54, 1.807) is 0 Å². The molecular formula is C23H27N3O2. The molecule has 5 nitrogen and oxygen atoms in total. The lowest BCUT2D eigenvalue weighted by molar-refractivity contribution is -0.131. The fourth-order valence-corrected chi connectivity index (χ4v) is 3.60. The van der Waals surface area contributed by atoms with Gasteiger partial charge in [-0.25, -0.2) is 0 Å². The van der Waals surface area contributed by atoms with Gasteiger partial charge in [-0.1, -0.05) is 18.2 Å². The smallest absolute Gasteiger partial charge is 0.226 e. The summed E-state index contributed by atoms with van der Waals surface area (Å²) in [5.74, 6) is 1.03. The molecule has 0 atom stereocenters. The summed E-state index contributed by atoms with van der Waals surface area (Å²) in [6.07, 6.45) is 1.33. The highest BCUT2D eigenvalue weighted by Gasteiger charge is 2.19. The maximum atomic E-state index is 12.6. The Morgan fingerprint density at radius 2 is 1.75 bits per heavy atom. The highest BCUT2D eigenvalue weighted by molar-refractivity contribution is 5.76. The standard InChI is InChI=1S/C23H27N3O2/c1-18-5-3-6-19(2)23(18)28-16-11-22(27)26-13-4-12-25(14-15-26)21-9-7-20(17-24)8-10-21/h3,5-10H,4,11-16H2,1-2H3. The third kappa shape index (κ3) is 4.83. The van der Waals surface area contributed by atoms with Crippen LogP contribution in [-0.4, -0.2) is 43.6 Å². The molecule has 3 rings (SSSR count). The summed E-state index contributed by atoms with van der Waals surface area (Å²) in [7, 11) is 0. The van der Waals surface area contributed by atoms with E-state index in [1.165, 1.54) is 0 Å². The molecule has 146 valence electrons. The first kappa shape index (κ1) is 19.8. The van der Waals surface area contributed by atoms with E-state index >= 15 is 0 Å². The maximum absolute atomic E-state index is 12.6. The van der Waals surface area contributed by atoms with Gasteiger partial charge in [0.05, 0.1) is 24.7 Å². The molecule has 0 radical (unpaired) electrons. The van der Waals surface area contributed by atoms with Crippen molar-refractivity contribution in [1.82, 2.24) is 4.90 Å². The second-order valence-electron chi connectivity index (χ2n) is 7.20. The normalized spacial score (nSPS) is 14.3. The molecule has 0 bridgehead atoms. The molecule has 0 aromatic heterocycles. The number of aryl methyl sites for hydroxylation is 2. The molecular weight excluding hydrogens is 350 g/mol. The highest BCUT2D eigenvalue weighted by atomic mass is 16.5. The van der Waals surface area contributed by atoms with E-state index in [1.807, 2.05) is 61.2 Å². The van der Waals surface area contributed by atoms with Crippen molar-refractivity contribution in [2.75, 3.05) is 37.7 Å². The third-order valence-corrected chi connectivity index (χ3v) is 5.18. The molecule has 0 saturated carbocycles. The van der Waals surface area contributed by atoms with E-state index in [-0.39, 0.29) is 5.91 Å². The van der Waals surface area contributed by atoms with Gasteiger partial charge in [0.2, 0.25) is 5.91 Å². The van der Waals surface area contributed by atoms with E-state index < -0.39 is 0 Å². The van der Waals surface area contributed by atoms with E-state index in [0.29, 0.717) is 25.1 Å². The Balaban J connectivity index is 1.50. The molecule has 1 heterocycles. The van der Waals surface area contributed by atoms with Crippen LogP contribution in [0.15, 0.2) is 42.5 Å². The van der Waals surface area contributed by atoms with Crippen molar-refractivity contribution < 1.29 is 9.53 Å². The summed E-state index contributed by atoms with van der Waals surface area (Å²) in [5, 5.41) is 8.94. The monoisotopic (exact) mass is 377 g/mol. The van der Waals surface area contributed by atoms with Gasteiger partial charge in [-0.15, -0.1) is 0 Å². The van der Waals surface area contributed by atoms with Crippen molar-refractivity contribution in [2.45, 2.75) is 26.7 Å². The Morgan fingerprint density at radius 3 is 2.43 bits per heavy atom. The topological polar surface area (TPSA) is 56.6 Å². The predicted octanol–water partition coefficient (Wildman–Crippen LogP) is 3.68. The molecule has 0 spiro atoms. The van der Waals surface area contributed by atoms with Crippen molar-refractivity contribution in [3.63, 3.8) is 0 Å². The molecule has 5 heteroatoms. The minimum absolute atomic E-state index is 0.146. The number of hydrogen-bond donors (Lipinski definition) is 0. The second-order valence-corrected chi connectivity index (χ2v) is 7.20. The molecule has 1 fully saturated rings. The van der Waals surface area contributed by atoms with Crippen LogP contribution >= 0.6 is 0 Å². The van der Waals surface area contributed by atoms with Gasteiger partial charge in [-0.3, -0.25) is 4.79 Å². The van der Waals surface area contributed by atoms with Crippen LogP contribution in [0, 0.1) is 25.2 Å². The summed E-state index contributed by atoms with van der Waals surface area (Å²) in [6.45, 7) is 7.65. The van der Waals surface area contributed by atoms with Crippen molar-refractivity contribution in [3.8, 4) is 11.8 Å². The Kier molecular flexibility index (Phi) is 6.54. The van der Waals surface area contributed by atoms with Gasteiger partial charge in [0, 0.05) is 31.9 Å². The molecule has 1 saturated heterocycles. The van der Waals surface area contributed by atoms with Crippen LogP contribution in [0.25, 0.3) is 0 Å². The molecule has 28 heavy (non-hydrogen) atoms. The largest absolute Gasteiger partial charge is 0.493 e. The number of hydrogen-bond acceptors (Lipinski definition) is 4. The van der Waals surface area contributed by atoms with Gasteiger partial charge in [-0.05, 0) is 55.7 Å². The summed E-state index contributed by atoms with van der Waals surface area (Å²) in [5.41, 5.74) is 3.96. The number of nitriles is 1. The highest BCUT2D eigenvalue weighted by Crippen LogP contribution is 2.22. The van der Waals surface area contributed by atoms with Gasteiger partial charge in [0.15, 0.2) is 0 Å². The lowest BCUT2D eigenvalue weighted by Crippen LogP contribution is -2.35. The van der Waals surface area contributed by atoms with Crippen LogP contribution in [0.3, 0.4) is 0 Å². The lowest BCUT2D eigenvalue weighted by Gasteiger charge is -2.24. The minimum Gasteiger partial charge on any atom is -0.493 e. The fourth-order valence-electron chi connectivity index (χ4n) is 3.60. The van der Waals surface area contributed by atoms with Crippen LogP contribution in [0.1, 0.15) is 29.5 Å². The van der Waals surface area contributed by atoms with Crippen molar-refractivity contribution >= 4 is 11.6 Å². The molecule has 0 N–H and O–H groups in total. The number of amides is 1. The van der Waals surface area contributed by atoms with Crippen molar-refractivity contribution in [2.24, 2.45) is 0 Å². The summed E-state index contributed by atoms with van der Waals surface area (Å²) < 4.78 is 5.89. The van der Waals surface area contributed by atoms with E-state index in [4.69, 9.17) is 10.00 Å². The third-order valence-electron chi connectivity index (χ3n) is 5.18. The minimum atomic E-state index is 0.146. The average molecular weight is 377 g/mol. The number of ether oxygens (including phenoxy) is 1. The first-order chi connectivity index (χ1) is 13.6. The van der Waals surface area contributed by atoms with Crippen LogP contribution in [0.2, 0.25) is 0 Å². The molecule has 2 aromatic carbocycles. The summed E-state index contributed by atoms with van der Waals surface area (Å²) in [4.78, 5) is 16.9. The quantitative estimate of drug-likeness (QED) is 0.798. The van der Waals surface area contributed by atoms with Crippen LogP contribution < -0.4 is 9.64 Å². The molecule has 1 aliphatic heterocycles. The maximum Gasteiger partial charge on any atom is 0.226 e. The number of carbonyl (C=O) groups is 1. The number of para-hydroxylation sites is 1. The Morgan fingerprint density at radius 1 is 1.04 bits per heavy atom. The first-order valence-electron chi connectivity index (χ1n) is 9.80. The van der Waals surface area contributed by atoms with Gasteiger partial charge in [0.1, 0.15) is 5.75 Å². The zero-order valence-corrected chi connectivity index (χ0v) is 16.6. The Bertz CT molecular complexity index is 835. The molecule has 0 aliphatic carbocycles. The second kappa shape index (κ2) is 9.27.